The van der Waals surface area contributed by atoms with Gasteiger partial charge in [-0.3, -0.25) is 0 Å². The standard InChI is InChI=1S/C15H23NO2/c1-11(14-5-3-4-6-15(14)18-2)16-12-7-9-13(17)10-8-12/h3-6,11-13,16-17H,7-10H2,1-2H3. The maximum absolute atomic E-state index is 9.51. The third kappa shape index (κ3) is 3.24. The number of ether oxygens (including phenoxy) is 1. The molecule has 0 amide bonds. The van der Waals surface area contributed by atoms with E-state index in [0.717, 1.165) is 31.4 Å². The van der Waals surface area contributed by atoms with E-state index in [0.29, 0.717) is 6.04 Å². The summed E-state index contributed by atoms with van der Waals surface area (Å²) in [5, 5.41) is 13.2. The first kappa shape index (κ1) is 13.4. The lowest BCUT2D eigenvalue weighted by Gasteiger charge is -2.29. The van der Waals surface area contributed by atoms with E-state index in [1.54, 1.807) is 7.11 Å². The highest BCUT2D eigenvalue weighted by molar-refractivity contribution is 5.35. The average Bonchev–Trinajstić information content (AvgIpc) is 2.41. The van der Waals surface area contributed by atoms with Gasteiger partial charge in [0, 0.05) is 17.6 Å². The second-order valence-electron chi connectivity index (χ2n) is 5.14. The number of hydrogen-bond acceptors (Lipinski definition) is 3. The highest BCUT2D eigenvalue weighted by Crippen LogP contribution is 2.27. The molecule has 1 aromatic carbocycles. The molecule has 0 saturated heterocycles. The Bertz CT molecular complexity index is 373. The molecule has 1 fully saturated rings. The molecular formula is C15H23NO2. The van der Waals surface area contributed by atoms with Crippen LogP contribution in [-0.4, -0.2) is 24.4 Å². The van der Waals surface area contributed by atoms with Gasteiger partial charge in [-0.2, -0.15) is 0 Å². The molecule has 2 N–H and O–H groups in total. The van der Waals surface area contributed by atoms with Crippen molar-refractivity contribution in [1.82, 2.24) is 5.32 Å². The quantitative estimate of drug-likeness (QED) is 0.862. The van der Waals surface area contributed by atoms with Crippen molar-refractivity contribution in [2.45, 2.75) is 50.8 Å². The highest BCUT2D eigenvalue weighted by atomic mass is 16.5. The third-order valence-corrected chi connectivity index (χ3v) is 3.79. The molecule has 0 spiro atoms. The van der Waals surface area contributed by atoms with Crippen molar-refractivity contribution in [3.63, 3.8) is 0 Å². The van der Waals surface area contributed by atoms with Gasteiger partial charge in [-0.25, -0.2) is 0 Å². The fourth-order valence-electron chi connectivity index (χ4n) is 2.71. The predicted molar refractivity (Wildman–Crippen MR) is 72.8 cm³/mol. The summed E-state index contributed by atoms with van der Waals surface area (Å²) >= 11 is 0. The van der Waals surface area contributed by atoms with Crippen LogP contribution in [0.1, 0.15) is 44.2 Å². The van der Waals surface area contributed by atoms with Crippen LogP contribution in [0.2, 0.25) is 0 Å². The van der Waals surface area contributed by atoms with E-state index in [4.69, 9.17) is 4.74 Å². The van der Waals surface area contributed by atoms with E-state index < -0.39 is 0 Å². The van der Waals surface area contributed by atoms with Gasteiger partial charge in [-0.05, 0) is 38.7 Å². The van der Waals surface area contributed by atoms with Crippen LogP contribution in [0.25, 0.3) is 0 Å². The van der Waals surface area contributed by atoms with Crippen molar-refractivity contribution in [1.29, 1.82) is 0 Å². The fourth-order valence-corrected chi connectivity index (χ4v) is 2.71. The van der Waals surface area contributed by atoms with Crippen LogP contribution in [0.4, 0.5) is 0 Å². The predicted octanol–water partition coefficient (Wildman–Crippen LogP) is 2.65. The van der Waals surface area contributed by atoms with Crippen LogP contribution in [0, 0.1) is 0 Å². The zero-order valence-electron chi connectivity index (χ0n) is 11.2. The Kier molecular flexibility index (Phi) is 4.61. The van der Waals surface area contributed by atoms with E-state index in [1.165, 1.54) is 5.56 Å². The van der Waals surface area contributed by atoms with Gasteiger partial charge in [-0.15, -0.1) is 0 Å². The average molecular weight is 249 g/mol. The smallest absolute Gasteiger partial charge is 0.123 e. The first-order chi connectivity index (χ1) is 8.70. The molecule has 0 aromatic heterocycles. The largest absolute Gasteiger partial charge is 0.496 e. The minimum atomic E-state index is -0.0929. The summed E-state index contributed by atoms with van der Waals surface area (Å²) in [5.74, 6) is 0.938. The molecule has 1 aromatic rings. The van der Waals surface area contributed by atoms with Crippen molar-refractivity contribution >= 4 is 0 Å². The molecule has 18 heavy (non-hydrogen) atoms. The molecule has 1 unspecified atom stereocenters. The van der Waals surface area contributed by atoms with Crippen LogP contribution < -0.4 is 10.1 Å². The summed E-state index contributed by atoms with van der Waals surface area (Å²) < 4.78 is 5.39. The minimum Gasteiger partial charge on any atom is -0.496 e. The molecule has 1 saturated carbocycles. The van der Waals surface area contributed by atoms with E-state index >= 15 is 0 Å². The summed E-state index contributed by atoms with van der Waals surface area (Å²) in [7, 11) is 1.71. The molecule has 1 aliphatic rings. The lowest BCUT2D eigenvalue weighted by atomic mass is 9.92. The molecule has 0 aliphatic heterocycles. The van der Waals surface area contributed by atoms with Crippen LogP contribution in [0.3, 0.4) is 0 Å². The Labute approximate surface area is 109 Å². The van der Waals surface area contributed by atoms with E-state index in [9.17, 15) is 5.11 Å². The van der Waals surface area contributed by atoms with Gasteiger partial charge in [0.25, 0.3) is 0 Å². The van der Waals surface area contributed by atoms with Crippen molar-refractivity contribution in [3.8, 4) is 5.75 Å². The van der Waals surface area contributed by atoms with Gasteiger partial charge < -0.3 is 15.2 Å². The molecule has 1 atom stereocenters. The molecule has 2 rings (SSSR count). The monoisotopic (exact) mass is 249 g/mol. The number of rotatable bonds is 4. The van der Waals surface area contributed by atoms with Gasteiger partial charge in [0.1, 0.15) is 5.75 Å². The van der Waals surface area contributed by atoms with Gasteiger partial charge >= 0.3 is 0 Å². The molecule has 3 heteroatoms. The second-order valence-corrected chi connectivity index (χ2v) is 5.14. The van der Waals surface area contributed by atoms with Gasteiger partial charge in [0.15, 0.2) is 0 Å². The molecule has 1 aliphatic carbocycles. The maximum Gasteiger partial charge on any atom is 0.123 e. The van der Waals surface area contributed by atoms with Gasteiger partial charge in [0.05, 0.1) is 13.2 Å². The number of benzene rings is 1. The number of aliphatic hydroxyl groups is 1. The Hall–Kier alpha value is -1.06. The van der Waals surface area contributed by atoms with Crippen LogP contribution in [0.15, 0.2) is 24.3 Å². The Morgan fingerprint density at radius 3 is 2.56 bits per heavy atom. The van der Waals surface area contributed by atoms with Crippen LogP contribution >= 0.6 is 0 Å². The van der Waals surface area contributed by atoms with Gasteiger partial charge in [0.2, 0.25) is 0 Å². The molecular weight excluding hydrogens is 226 g/mol. The summed E-state index contributed by atoms with van der Waals surface area (Å²) in [6.45, 7) is 2.17. The summed E-state index contributed by atoms with van der Waals surface area (Å²) in [5.41, 5.74) is 1.20. The van der Waals surface area contributed by atoms with E-state index in [-0.39, 0.29) is 12.1 Å². The zero-order chi connectivity index (χ0) is 13.0. The number of hydrogen-bond donors (Lipinski definition) is 2. The molecule has 0 bridgehead atoms. The summed E-state index contributed by atoms with van der Waals surface area (Å²) in [6.07, 6.45) is 3.85. The number of aliphatic hydroxyl groups excluding tert-OH is 1. The zero-order valence-corrected chi connectivity index (χ0v) is 11.2. The third-order valence-electron chi connectivity index (χ3n) is 3.79. The lowest BCUT2D eigenvalue weighted by molar-refractivity contribution is 0.114. The highest BCUT2D eigenvalue weighted by Gasteiger charge is 2.21. The van der Waals surface area contributed by atoms with Crippen molar-refractivity contribution < 1.29 is 9.84 Å². The maximum atomic E-state index is 9.51. The van der Waals surface area contributed by atoms with Crippen molar-refractivity contribution in [3.05, 3.63) is 29.8 Å². The van der Waals surface area contributed by atoms with E-state index in [1.807, 2.05) is 18.2 Å². The molecule has 0 radical (unpaired) electrons. The second kappa shape index (κ2) is 6.21. The first-order valence-corrected chi connectivity index (χ1v) is 6.77. The molecule has 3 nitrogen and oxygen atoms in total. The number of methoxy groups -OCH3 is 1. The number of nitrogens with one attached hydrogen (secondary N) is 1. The minimum absolute atomic E-state index is 0.0929. The summed E-state index contributed by atoms with van der Waals surface area (Å²) in [6, 6.07) is 8.92. The summed E-state index contributed by atoms with van der Waals surface area (Å²) in [4.78, 5) is 0. The Balaban J connectivity index is 1.96. The Morgan fingerprint density at radius 2 is 1.89 bits per heavy atom. The van der Waals surface area contributed by atoms with Crippen LogP contribution in [-0.2, 0) is 0 Å². The van der Waals surface area contributed by atoms with Crippen LogP contribution in [0.5, 0.6) is 5.75 Å². The fraction of sp³-hybridized carbons (Fsp3) is 0.600. The molecule has 0 heterocycles. The Morgan fingerprint density at radius 1 is 1.22 bits per heavy atom. The number of para-hydroxylation sites is 1. The SMILES string of the molecule is COc1ccccc1C(C)NC1CCC(O)CC1. The lowest BCUT2D eigenvalue weighted by Crippen LogP contribution is -2.36. The topological polar surface area (TPSA) is 41.5 Å². The van der Waals surface area contributed by atoms with Crippen molar-refractivity contribution in [2.24, 2.45) is 0 Å². The van der Waals surface area contributed by atoms with Gasteiger partial charge in [-0.1, -0.05) is 18.2 Å². The first-order valence-electron chi connectivity index (χ1n) is 6.77. The van der Waals surface area contributed by atoms with E-state index in [2.05, 4.69) is 18.3 Å². The molecule has 100 valence electrons. The normalized spacial score (nSPS) is 25.7. The van der Waals surface area contributed by atoms with Crippen molar-refractivity contribution in [2.75, 3.05) is 7.11 Å².